The summed E-state index contributed by atoms with van der Waals surface area (Å²) in [6.07, 6.45) is -6.97. The number of fused-ring (bicyclic) bond motifs is 1. The Bertz CT molecular complexity index is 2010. The van der Waals surface area contributed by atoms with E-state index in [0.717, 1.165) is 16.6 Å². The van der Waals surface area contributed by atoms with E-state index in [2.05, 4.69) is 15.6 Å². The van der Waals surface area contributed by atoms with Crippen LogP contribution in [0.5, 0.6) is 0 Å². The van der Waals surface area contributed by atoms with Crippen LogP contribution in [0.15, 0.2) is 30.5 Å². The van der Waals surface area contributed by atoms with Crippen molar-refractivity contribution < 1.29 is 63.5 Å². The standard InChI is InChI=1S/C52H86ClN5O13/c1-13-40-45(62)43(60)33(6)58(11)28-29(2)26-51(8,65)48(31(4)46(32(5)49(64)69-40)70-42-27-52(9,66-12)47(63)34(7)68-42)71-50-44(61)39(24-30(3)67-50)57(10)23-15-21-56-41(59)16-14-20-54-37-19-22-55-38-25-35(53)17-18-36(37)38/h17-19,22,25,29-34,39-40,42-48,50,60-63,65H,13-16,20-21,23-24,26-28H2,1-12H3,(H,54,55)(H,56,59)/t29-,30?,31+,32?,33?,34?,39?,40-,42+,43?,44-,45?,46+,47+,48-,50?,51-,52-/m1/s1. The highest BCUT2D eigenvalue weighted by Crippen LogP contribution is 2.40. The number of benzene rings is 1. The van der Waals surface area contributed by atoms with Crippen LogP contribution in [0.2, 0.25) is 5.02 Å². The first-order chi connectivity index (χ1) is 33.4. The van der Waals surface area contributed by atoms with Crippen LogP contribution in [-0.2, 0) is 38.0 Å². The van der Waals surface area contributed by atoms with Crippen molar-refractivity contribution in [2.45, 2.75) is 198 Å². The van der Waals surface area contributed by atoms with Gasteiger partial charge in [-0.3, -0.25) is 14.6 Å². The van der Waals surface area contributed by atoms with Gasteiger partial charge in [-0.05, 0) is 124 Å². The van der Waals surface area contributed by atoms with E-state index in [4.69, 9.17) is 40.0 Å². The maximum Gasteiger partial charge on any atom is 0.311 e. The Labute approximate surface area is 426 Å². The molecule has 0 spiro atoms. The number of nitrogens with zero attached hydrogens (tertiary/aromatic N) is 3. The number of halogens is 1. The molecule has 8 unspecified atom stereocenters. The predicted molar refractivity (Wildman–Crippen MR) is 271 cm³/mol. The molecule has 0 radical (unpaired) electrons. The van der Waals surface area contributed by atoms with Crippen LogP contribution in [0.4, 0.5) is 5.69 Å². The van der Waals surface area contributed by atoms with Crippen molar-refractivity contribution in [3.05, 3.63) is 35.5 Å². The number of amides is 1. The summed E-state index contributed by atoms with van der Waals surface area (Å²) in [5.41, 5.74) is -0.962. The molecular formula is C52H86ClN5O13. The zero-order chi connectivity index (χ0) is 52.5. The molecule has 2 aromatic rings. The Morgan fingerprint density at radius 3 is 2.39 bits per heavy atom. The van der Waals surface area contributed by atoms with Crippen LogP contribution in [0, 0.1) is 17.8 Å². The molecule has 3 aliphatic heterocycles. The molecule has 3 fully saturated rings. The maximum absolute atomic E-state index is 14.3. The van der Waals surface area contributed by atoms with Gasteiger partial charge < -0.3 is 74.4 Å². The molecule has 19 heteroatoms. The van der Waals surface area contributed by atoms with Crippen molar-refractivity contribution in [1.82, 2.24) is 20.1 Å². The minimum absolute atomic E-state index is 0.0514. The van der Waals surface area contributed by atoms with Crippen molar-refractivity contribution in [3.8, 4) is 0 Å². The second-order valence-electron chi connectivity index (χ2n) is 21.3. The Hall–Kier alpha value is -2.82. The highest BCUT2D eigenvalue weighted by atomic mass is 35.5. The molecule has 71 heavy (non-hydrogen) atoms. The first-order valence-corrected chi connectivity index (χ1v) is 26.1. The summed E-state index contributed by atoms with van der Waals surface area (Å²) in [7, 11) is 5.25. The van der Waals surface area contributed by atoms with Crippen LogP contribution >= 0.6 is 11.6 Å². The fraction of sp³-hybridized carbons (Fsp3) is 0.788. The van der Waals surface area contributed by atoms with Gasteiger partial charge in [0.1, 0.15) is 24.4 Å². The molecule has 18 nitrogen and oxygen atoms in total. The number of likely N-dealkylation sites (N-methyl/N-ethyl adjacent to an activating group) is 2. The van der Waals surface area contributed by atoms with E-state index >= 15 is 0 Å². The minimum atomic E-state index is -1.63. The molecule has 4 heterocycles. The van der Waals surface area contributed by atoms with Crippen molar-refractivity contribution in [2.24, 2.45) is 17.8 Å². The normalized spacial score (nSPS) is 38.3. The summed E-state index contributed by atoms with van der Waals surface area (Å²) in [4.78, 5) is 35.5. The van der Waals surface area contributed by atoms with E-state index in [0.29, 0.717) is 56.9 Å². The van der Waals surface area contributed by atoms with E-state index in [9.17, 15) is 35.1 Å². The number of hydrogen-bond acceptors (Lipinski definition) is 17. The van der Waals surface area contributed by atoms with Crippen LogP contribution in [0.3, 0.4) is 0 Å². The number of rotatable bonds is 16. The Kier molecular flexibility index (Phi) is 21.7. The molecule has 5 rings (SSSR count). The van der Waals surface area contributed by atoms with Crippen LogP contribution < -0.4 is 10.6 Å². The van der Waals surface area contributed by atoms with Gasteiger partial charge in [0.2, 0.25) is 5.91 Å². The average molecular weight is 1020 g/mol. The number of methoxy groups -OCH3 is 1. The fourth-order valence-corrected chi connectivity index (χ4v) is 11.0. The van der Waals surface area contributed by atoms with Gasteiger partial charge in [-0.15, -0.1) is 0 Å². The highest BCUT2D eigenvalue weighted by molar-refractivity contribution is 6.31. The van der Waals surface area contributed by atoms with E-state index in [1.807, 2.05) is 68.9 Å². The number of carbonyl (C=O) groups excluding carboxylic acids is 2. The largest absolute Gasteiger partial charge is 0.459 e. The number of hydrogen-bond donors (Lipinski definition) is 7. The van der Waals surface area contributed by atoms with Crippen LogP contribution in [-0.4, -0.2) is 190 Å². The lowest BCUT2D eigenvalue weighted by Gasteiger charge is -2.49. The van der Waals surface area contributed by atoms with Gasteiger partial charge >= 0.3 is 5.97 Å². The number of ether oxygens (including phenoxy) is 6. The van der Waals surface area contributed by atoms with Crippen molar-refractivity contribution in [1.29, 1.82) is 0 Å². The number of carbonyl (C=O) groups is 2. The third-order valence-corrected chi connectivity index (χ3v) is 15.5. The highest BCUT2D eigenvalue weighted by Gasteiger charge is 2.52. The summed E-state index contributed by atoms with van der Waals surface area (Å²) in [5.74, 6) is -2.80. The molecular weight excluding hydrogens is 938 g/mol. The first-order valence-electron chi connectivity index (χ1n) is 25.7. The van der Waals surface area contributed by atoms with E-state index in [1.165, 1.54) is 7.11 Å². The summed E-state index contributed by atoms with van der Waals surface area (Å²) in [5, 5.41) is 66.7. The van der Waals surface area contributed by atoms with Crippen molar-refractivity contribution in [2.75, 3.05) is 52.7 Å². The molecule has 0 saturated carbocycles. The lowest BCUT2D eigenvalue weighted by Crippen LogP contribution is -2.60. The maximum atomic E-state index is 14.3. The zero-order valence-corrected chi connectivity index (χ0v) is 44.9. The van der Waals surface area contributed by atoms with Gasteiger partial charge in [-0.25, -0.2) is 0 Å². The molecule has 1 aromatic heterocycles. The third-order valence-electron chi connectivity index (χ3n) is 15.3. The predicted octanol–water partition coefficient (Wildman–Crippen LogP) is 4.48. The molecule has 3 saturated heterocycles. The average Bonchev–Trinajstić information content (AvgIpc) is 3.32. The fourth-order valence-electron chi connectivity index (χ4n) is 10.9. The monoisotopic (exact) mass is 1020 g/mol. The van der Waals surface area contributed by atoms with Gasteiger partial charge in [-0.1, -0.05) is 32.4 Å². The molecule has 1 amide bonds. The SMILES string of the molecule is CC[C@H]1OC(=O)C(C)[C@@H](O[C@H]2C[C@@](C)(OC)[C@@H](O)C(C)O2)[C@H](C)[C@@H](OC2OC(C)CC(N(C)CCCNC(=O)CCCNc3ccnc4cc(Cl)ccc34)[C@H]2O)[C@](C)(O)C[C@@H](C)CN(C)C(C)C(O)C1O. The summed E-state index contributed by atoms with van der Waals surface area (Å²) >= 11 is 6.14. The van der Waals surface area contributed by atoms with Gasteiger partial charge in [0.15, 0.2) is 12.6 Å². The summed E-state index contributed by atoms with van der Waals surface area (Å²) < 4.78 is 38.0. The number of aliphatic hydroxyl groups is 5. The molecule has 7 N–H and O–H groups in total. The van der Waals surface area contributed by atoms with Crippen molar-refractivity contribution in [3.63, 3.8) is 0 Å². The topological polar surface area (TPSA) is 234 Å². The zero-order valence-electron chi connectivity index (χ0n) is 44.1. The van der Waals surface area contributed by atoms with E-state index in [1.54, 1.807) is 47.7 Å². The van der Waals surface area contributed by atoms with Gasteiger partial charge in [0, 0.05) is 79.9 Å². The molecule has 0 aliphatic carbocycles. The Balaban J connectivity index is 1.31. The number of pyridine rings is 1. The number of nitrogens with one attached hydrogen (secondary N) is 2. The Morgan fingerprint density at radius 1 is 0.986 bits per heavy atom. The smallest absolute Gasteiger partial charge is 0.311 e. The summed E-state index contributed by atoms with van der Waals surface area (Å²) in [6, 6.07) is 6.51. The number of aliphatic hydroxyl groups excluding tert-OH is 4. The number of cyclic esters (lactones) is 1. The van der Waals surface area contributed by atoms with Crippen molar-refractivity contribution >= 4 is 40.1 Å². The van der Waals surface area contributed by atoms with Crippen LogP contribution in [0.25, 0.3) is 10.9 Å². The van der Waals surface area contributed by atoms with E-state index in [-0.39, 0.29) is 37.2 Å². The van der Waals surface area contributed by atoms with Gasteiger partial charge in [0.25, 0.3) is 0 Å². The van der Waals surface area contributed by atoms with Crippen LogP contribution in [0.1, 0.15) is 107 Å². The lowest BCUT2D eigenvalue weighted by molar-refractivity contribution is -0.318. The summed E-state index contributed by atoms with van der Waals surface area (Å²) in [6.45, 7) is 18.0. The molecule has 404 valence electrons. The van der Waals surface area contributed by atoms with Gasteiger partial charge in [0.05, 0.1) is 53.2 Å². The van der Waals surface area contributed by atoms with E-state index < -0.39 is 103 Å². The lowest BCUT2D eigenvalue weighted by atomic mass is 9.77. The minimum Gasteiger partial charge on any atom is -0.459 e. The second-order valence-corrected chi connectivity index (χ2v) is 21.7. The first kappa shape index (κ1) is 59.1. The molecule has 1 aromatic carbocycles. The van der Waals surface area contributed by atoms with Gasteiger partial charge in [-0.2, -0.15) is 0 Å². The quantitative estimate of drug-likeness (QED) is 0.0907. The molecule has 0 bridgehead atoms. The third kappa shape index (κ3) is 15.2. The second kappa shape index (κ2) is 26.1. The number of aromatic nitrogens is 1. The Morgan fingerprint density at radius 2 is 1.70 bits per heavy atom. The molecule has 3 aliphatic rings. The number of esters is 1. The molecule has 18 atom stereocenters. The number of anilines is 1.